The number of nitrogens with zero attached hydrogens (tertiary/aromatic N) is 4. The summed E-state index contributed by atoms with van der Waals surface area (Å²) in [5.41, 5.74) is 9.50. The molecule has 3 amide bonds. The molecule has 2 aromatic carbocycles. The van der Waals surface area contributed by atoms with Crippen molar-refractivity contribution in [3.05, 3.63) is 63.7 Å². The molecule has 2 aliphatic heterocycles. The molecule has 3 N–H and O–H groups in total. The van der Waals surface area contributed by atoms with E-state index in [1.807, 2.05) is 25.2 Å². The van der Waals surface area contributed by atoms with Gasteiger partial charge in [-0.05, 0) is 48.2 Å². The number of fused-ring (bicyclic) bond motifs is 1. The quantitative estimate of drug-likeness (QED) is 0.235. The first kappa shape index (κ1) is 22.3. The second-order valence-electron chi connectivity index (χ2n) is 7.98. The van der Waals surface area contributed by atoms with Crippen molar-refractivity contribution in [1.82, 2.24) is 15.1 Å². The summed E-state index contributed by atoms with van der Waals surface area (Å²) in [5, 5.41) is 12.4. The van der Waals surface area contributed by atoms with Crippen molar-refractivity contribution >= 4 is 41.0 Å². The lowest BCUT2D eigenvalue weighted by atomic mass is 10.0. The molecule has 0 bridgehead atoms. The Balaban J connectivity index is 1.50. The zero-order valence-electron chi connectivity index (χ0n) is 17.8. The number of hydrogen-bond donors (Lipinski definition) is 2. The Bertz CT molecular complexity index is 1240. The van der Waals surface area contributed by atoms with E-state index < -0.39 is 11.9 Å². The highest BCUT2D eigenvalue weighted by Gasteiger charge is 2.39. The molecule has 0 spiro atoms. The fourth-order valence-corrected chi connectivity index (χ4v) is 4.10. The van der Waals surface area contributed by atoms with Gasteiger partial charge in [0.05, 0.1) is 12.2 Å². The van der Waals surface area contributed by atoms with Crippen LogP contribution in [0.4, 0.5) is 5.69 Å². The van der Waals surface area contributed by atoms with Gasteiger partial charge >= 0.3 is 0 Å². The van der Waals surface area contributed by atoms with Crippen LogP contribution in [0, 0.1) is 18.4 Å². The van der Waals surface area contributed by atoms with Crippen molar-refractivity contribution in [3.63, 3.8) is 0 Å². The van der Waals surface area contributed by atoms with E-state index in [2.05, 4.69) is 10.3 Å². The van der Waals surface area contributed by atoms with Crippen molar-refractivity contribution in [2.24, 2.45) is 10.7 Å². The van der Waals surface area contributed by atoms with Gasteiger partial charge in [-0.15, -0.1) is 0 Å². The molecule has 1 saturated heterocycles. The zero-order chi connectivity index (χ0) is 23.7. The highest BCUT2D eigenvalue weighted by atomic mass is 35.5. The van der Waals surface area contributed by atoms with Gasteiger partial charge in [-0.25, -0.2) is 9.89 Å². The molecule has 0 aromatic heterocycles. The van der Waals surface area contributed by atoms with E-state index in [4.69, 9.17) is 17.3 Å². The maximum Gasteiger partial charge on any atom is 0.255 e. The molecular weight excluding hydrogens is 444 g/mol. The molecular formula is C23H21ClN6O3. The lowest BCUT2D eigenvalue weighted by Crippen LogP contribution is -2.52. The Morgan fingerprint density at radius 3 is 2.79 bits per heavy atom. The fourth-order valence-electron chi connectivity index (χ4n) is 3.92. The number of aryl methyl sites for hydroxylation is 1. The van der Waals surface area contributed by atoms with Crippen molar-refractivity contribution in [2.45, 2.75) is 38.9 Å². The summed E-state index contributed by atoms with van der Waals surface area (Å²) in [4.78, 5) is 43.4. The molecule has 33 heavy (non-hydrogen) atoms. The van der Waals surface area contributed by atoms with E-state index in [1.54, 1.807) is 24.3 Å². The van der Waals surface area contributed by atoms with Crippen LogP contribution in [-0.4, -0.2) is 39.5 Å². The van der Waals surface area contributed by atoms with Crippen LogP contribution in [-0.2, 0) is 22.7 Å². The van der Waals surface area contributed by atoms with Crippen LogP contribution < -0.4 is 11.1 Å². The lowest BCUT2D eigenvalue weighted by molar-refractivity contribution is -0.136. The largest absolute Gasteiger partial charge is 0.369 e. The first-order chi connectivity index (χ1) is 15.8. The lowest BCUT2D eigenvalue weighted by Gasteiger charge is -2.29. The molecule has 168 valence electrons. The predicted octanol–water partition coefficient (Wildman–Crippen LogP) is 2.34. The first-order valence-corrected chi connectivity index (χ1v) is 10.7. The van der Waals surface area contributed by atoms with Crippen molar-refractivity contribution in [2.75, 3.05) is 0 Å². The third-order valence-corrected chi connectivity index (χ3v) is 6.13. The molecule has 2 aliphatic rings. The summed E-state index contributed by atoms with van der Waals surface area (Å²) < 4.78 is 0. The molecule has 1 atom stereocenters. The van der Waals surface area contributed by atoms with E-state index in [0.29, 0.717) is 22.7 Å². The predicted molar refractivity (Wildman–Crippen MR) is 121 cm³/mol. The number of halogens is 1. The van der Waals surface area contributed by atoms with Crippen molar-refractivity contribution in [1.29, 1.82) is 5.26 Å². The van der Waals surface area contributed by atoms with Gasteiger partial charge in [0.15, 0.2) is 6.19 Å². The number of rotatable bonds is 4. The maximum atomic E-state index is 12.8. The van der Waals surface area contributed by atoms with Gasteiger partial charge in [0.25, 0.3) is 5.91 Å². The summed E-state index contributed by atoms with van der Waals surface area (Å²) in [7, 11) is 0. The van der Waals surface area contributed by atoms with E-state index in [1.165, 1.54) is 9.80 Å². The average Bonchev–Trinajstić information content (AvgIpc) is 3.10. The number of guanidine groups is 1. The van der Waals surface area contributed by atoms with Gasteiger partial charge in [0, 0.05) is 23.6 Å². The number of nitrogens with two attached hydrogens (primary N) is 1. The molecule has 1 unspecified atom stereocenters. The molecule has 10 heteroatoms. The minimum absolute atomic E-state index is 0.0131. The highest BCUT2D eigenvalue weighted by Crippen LogP contribution is 2.28. The topological polar surface area (TPSA) is 132 Å². The van der Waals surface area contributed by atoms with Crippen LogP contribution in [0.15, 0.2) is 41.4 Å². The van der Waals surface area contributed by atoms with Crippen LogP contribution in [0.5, 0.6) is 0 Å². The van der Waals surface area contributed by atoms with Crippen LogP contribution >= 0.6 is 11.6 Å². The third kappa shape index (κ3) is 4.52. The number of nitrogens with one attached hydrogen (secondary N) is 1. The van der Waals surface area contributed by atoms with Crippen molar-refractivity contribution < 1.29 is 14.4 Å². The summed E-state index contributed by atoms with van der Waals surface area (Å²) in [5.74, 6) is -1.02. The minimum atomic E-state index is -0.675. The molecule has 0 radical (unpaired) electrons. The SMILES string of the molecule is Cc1ccc(/N=C(/N)N(C#N)Cc2ccc3c(c2)CN(C2CCC(=O)NC2=O)C3=O)cc1Cl. The van der Waals surface area contributed by atoms with E-state index in [9.17, 15) is 19.6 Å². The smallest absolute Gasteiger partial charge is 0.255 e. The van der Waals surface area contributed by atoms with Crippen LogP contribution in [0.3, 0.4) is 0 Å². The summed E-state index contributed by atoms with van der Waals surface area (Å²) >= 11 is 6.13. The number of hydrogen-bond acceptors (Lipinski definition) is 5. The number of benzene rings is 2. The Kier molecular flexibility index (Phi) is 6.03. The van der Waals surface area contributed by atoms with E-state index in [-0.39, 0.29) is 37.3 Å². The second kappa shape index (κ2) is 8.92. The minimum Gasteiger partial charge on any atom is -0.369 e. The first-order valence-electron chi connectivity index (χ1n) is 10.3. The number of aliphatic imine (C=N–C) groups is 1. The Labute approximate surface area is 195 Å². The fraction of sp³-hybridized carbons (Fsp3) is 0.261. The Morgan fingerprint density at radius 2 is 2.09 bits per heavy atom. The van der Waals surface area contributed by atoms with E-state index >= 15 is 0 Å². The molecule has 1 fully saturated rings. The standard InChI is InChI=1S/C23H21ClN6O3/c1-13-2-4-16(9-18(13)24)27-23(26)29(12-25)10-14-3-5-17-15(8-14)11-30(22(17)33)19-6-7-20(31)28-21(19)32/h2-5,8-9,19H,6-7,10-11H2,1H3,(H2,26,27)(H,28,31,32). The van der Waals surface area contributed by atoms with Crippen LogP contribution in [0.25, 0.3) is 0 Å². The number of carbonyl (C=O) groups is 3. The van der Waals surface area contributed by atoms with Gasteiger partial charge in [-0.3, -0.25) is 19.7 Å². The Morgan fingerprint density at radius 1 is 1.30 bits per heavy atom. The summed E-state index contributed by atoms with van der Waals surface area (Å²) in [6.45, 7) is 2.29. The monoisotopic (exact) mass is 464 g/mol. The van der Waals surface area contributed by atoms with Gasteiger partial charge in [-0.1, -0.05) is 29.8 Å². The third-order valence-electron chi connectivity index (χ3n) is 5.72. The number of carbonyl (C=O) groups excluding carboxylic acids is 3. The van der Waals surface area contributed by atoms with Gasteiger partial charge in [0.1, 0.15) is 6.04 Å². The summed E-state index contributed by atoms with van der Waals surface area (Å²) in [6.07, 6.45) is 2.53. The van der Waals surface area contributed by atoms with E-state index in [0.717, 1.165) is 16.7 Å². The number of imide groups is 1. The summed E-state index contributed by atoms with van der Waals surface area (Å²) in [6, 6.07) is 9.81. The normalized spacial score (nSPS) is 18.1. The number of nitriles is 1. The molecule has 9 nitrogen and oxygen atoms in total. The van der Waals surface area contributed by atoms with Gasteiger partial charge in [0.2, 0.25) is 17.8 Å². The van der Waals surface area contributed by atoms with Crippen LogP contribution in [0.1, 0.15) is 39.9 Å². The molecule has 4 rings (SSSR count). The number of piperidine rings is 1. The van der Waals surface area contributed by atoms with Crippen molar-refractivity contribution in [3.8, 4) is 6.19 Å². The Hall–Kier alpha value is -3.90. The second-order valence-corrected chi connectivity index (χ2v) is 8.39. The van der Waals surface area contributed by atoms with Gasteiger partial charge in [-0.2, -0.15) is 5.26 Å². The average molecular weight is 465 g/mol. The highest BCUT2D eigenvalue weighted by molar-refractivity contribution is 6.31. The maximum absolute atomic E-state index is 12.8. The zero-order valence-corrected chi connectivity index (χ0v) is 18.6. The van der Waals surface area contributed by atoms with Gasteiger partial charge < -0.3 is 10.6 Å². The molecule has 2 aromatic rings. The molecule has 0 aliphatic carbocycles. The number of amides is 3. The molecule has 2 heterocycles. The molecule has 0 saturated carbocycles. The van der Waals surface area contributed by atoms with Crippen LogP contribution in [0.2, 0.25) is 5.02 Å².